The van der Waals surface area contributed by atoms with Crippen molar-refractivity contribution >= 4 is 5.71 Å². The van der Waals surface area contributed by atoms with Crippen LogP contribution in [0.15, 0.2) is 47.5 Å². The fourth-order valence-corrected chi connectivity index (χ4v) is 2.39. The van der Waals surface area contributed by atoms with E-state index in [2.05, 4.69) is 4.99 Å². The molecule has 0 atom stereocenters. The summed E-state index contributed by atoms with van der Waals surface area (Å²) in [6.07, 6.45) is -9.74. The Hall–Kier alpha value is -2.46. The van der Waals surface area contributed by atoms with Crippen LogP contribution < -0.4 is 0 Å². The van der Waals surface area contributed by atoms with Crippen LogP contribution in [0.5, 0.6) is 0 Å². The van der Waals surface area contributed by atoms with Gasteiger partial charge in [0.1, 0.15) is 5.82 Å². The summed E-state index contributed by atoms with van der Waals surface area (Å²) in [5.41, 5.74) is -1.42. The minimum Gasteiger partial charge on any atom is -0.392 e. The molecule has 31 heavy (non-hydrogen) atoms. The second kappa shape index (κ2) is 11.8. The molecule has 1 aliphatic heterocycles. The largest absolute Gasteiger partial charge is 0.416 e. The fourth-order valence-electron chi connectivity index (χ4n) is 2.39. The summed E-state index contributed by atoms with van der Waals surface area (Å²) in [6, 6.07) is 7.30. The van der Waals surface area contributed by atoms with E-state index >= 15 is 0 Å². The van der Waals surface area contributed by atoms with Gasteiger partial charge in [-0.15, -0.1) is 0 Å². The molecule has 0 radical (unpaired) electrons. The van der Waals surface area contributed by atoms with Crippen molar-refractivity contribution < 1.29 is 40.6 Å². The van der Waals surface area contributed by atoms with Gasteiger partial charge in [-0.3, -0.25) is 4.99 Å². The molecule has 1 heterocycles. The van der Waals surface area contributed by atoms with E-state index in [4.69, 9.17) is 9.84 Å². The van der Waals surface area contributed by atoms with Crippen LogP contribution in [-0.4, -0.2) is 30.6 Å². The van der Waals surface area contributed by atoms with Crippen LogP contribution in [0.2, 0.25) is 0 Å². The molecule has 0 spiro atoms. The standard InChI is InChI=1S/C10H10FNO.C9H6F6O.C2H6/c11-9-3-1-8(2-4-9)10-7-13-6-5-12-10;10-8(11,12)6-1-5(4-16)2-7(3-6)9(13,14)15;1-2/h1-4H,5-7H2;1-3,16H,4H2;1-2H3. The van der Waals surface area contributed by atoms with Crippen molar-refractivity contribution in [3.63, 3.8) is 0 Å². The lowest BCUT2D eigenvalue weighted by atomic mass is 10.1. The average molecular weight is 453 g/mol. The van der Waals surface area contributed by atoms with Gasteiger partial charge < -0.3 is 9.84 Å². The van der Waals surface area contributed by atoms with Gasteiger partial charge in [0.25, 0.3) is 0 Å². The van der Waals surface area contributed by atoms with Crippen LogP contribution in [0.4, 0.5) is 30.7 Å². The Kier molecular flexibility index (Phi) is 10.1. The van der Waals surface area contributed by atoms with Crippen molar-refractivity contribution in [1.82, 2.24) is 0 Å². The predicted octanol–water partition coefficient (Wildman–Crippen LogP) is 5.89. The van der Waals surface area contributed by atoms with Crippen LogP contribution >= 0.6 is 0 Å². The highest BCUT2D eigenvalue weighted by atomic mass is 19.4. The Morgan fingerprint density at radius 2 is 1.42 bits per heavy atom. The molecule has 0 unspecified atom stereocenters. The highest BCUT2D eigenvalue weighted by Gasteiger charge is 2.36. The number of aliphatic hydroxyl groups excluding tert-OH is 1. The molecule has 0 bridgehead atoms. The molecule has 3 rings (SSSR count). The van der Waals surface area contributed by atoms with E-state index in [0.717, 1.165) is 11.3 Å². The van der Waals surface area contributed by atoms with Crippen molar-refractivity contribution in [2.24, 2.45) is 4.99 Å². The molecule has 0 fully saturated rings. The first-order valence-corrected chi connectivity index (χ1v) is 9.27. The number of alkyl halides is 6. The smallest absolute Gasteiger partial charge is 0.392 e. The number of hydrogen-bond donors (Lipinski definition) is 1. The van der Waals surface area contributed by atoms with Gasteiger partial charge in [0.05, 0.1) is 43.2 Å². The zero-order valence-corrected chi connectivity index (χ0v) is 16.8. The van der Waals surface area contributed by atoms with Gasteiger partial charge in [0.2, 0.25) is 0 Å². The molecule has 0 aliphatic carbocycles. The molecule has 3 nitrogen and oxygen atoms in total. The van der Waals surface area contributed by atoms with Crippen LogP contribution in [0.3, 0.4) is 0 Å². The second-order valence-electron chi connectivity index (χ2n) is 5.96. The first-order chi connectivity index (χ1) is 14.5. The van der Waals surface area contributed by atoms with Gasteiger partial charge >= 0.3 is 12.4 Å². The molecular weight excluding hydrogens is 431 g/mol. The van der Waals surface area contributed by atoms with Crippen molar-refractivity contribution in [1.29, 1.82) is 0 Å². The minimum atomic E-state index is -4.87. The van der Waals surface area contributed by atoms with E-state index in [9.17, 15) is 30.7 Å². The Labute approximate surface area is 175 Å². The van der Waals surface area contributed by atoms with Crippen molar-refractivity contribution in [2.45, 2.75) is 32.8 Å². The number of halogens is 7. The van der Waals surface area contributed by atoms with Gasteiger partial charge in [-0.25, -0.2) is 4.39 Å². The van der Waals surface area contributed by atoms with Crippen LogP contribution in [-0.2, 0) is 23.7 Å². The van der Waals surface area contributed by atoms with Crippen molar-refractivity contribution in [2.75, 3.05) is 19.8 Å². The molecule has 1 aliphatic rings. The summed E-state index contributed by atoms with van der Waals surface area (Å²) in [5, 5.41) is 8.58. The monoisotopic (exact) mass is 453 g/mol. The van der Waals surface area contributed by atoms with Crippen LogP contribution in [0.1, 0.15) is 36.1 Å². The van der Waals surface area contributed by atoms with E-state index in [-0.39, 0.29) is 11.9 Å². The third kappa shape index (κ3) is 8.66. The van der Waals surface area contributed by atoms with E-state index in [1.165, 1.54) is 12.1 Å². The number of benzene rings is 2. The number of ether oxygens (including phenoxy) is 1. The van der Waals surface area contributed by atoms with E-state index < -0.39 is 35.6 Å². The van der Waals surface area contributed by atoms with Gasteiger partial charge in [0.15, 0.2) is 0 Å². The molecule has 2 aromatic carbocycles. The number of hydrogen-bond acceptors (Lipinski definition) is 3. The predicted molar refractivity (Wildman–Crippen MR) is 102 cm³/mol. The Morgan fingerprint density at radius 1 is 0.903 bits per heavy atom. The summed E-state index contributed by atoms with van der Waals surface area (Å²) in [5.74, 6) is -0.221. The number of rotatable bonds is 2. The molecule has 10 heteroatoms. The Morgan fingerprint density at radius 3 is 1.81 bits per heavy atom. The molecule has 0 aromatic heterocycles. The van der Waals surface area contributed by atoms with Crippen LogP contribution in [0, 0.1) is 5.82 Å². The zero-order chi connectivity index (χ0) is 23.7. The number of aliphatic hydroxyl groups is 1. The average Bonchev–Trinajstić information content (AvgIpc) is 2.75. The van der Waals surface area contributed by atoms with Crippen molar-refractivity contribution in [3.05, 3.63) is 70.5 Å². The highest BCUT2D eigenvalue weighted by molar-refractivity contribution is 6.01. The number of aliphatic imine (C=N–C) groups is 1. The van der Waals surface area contributed by atoms with E-state index in [0.29, 0.717) is 31.9 Å². The molecule has 1 N–H and O–H groups in total. The summed E-state index contributed by atoms with van der Waals surface area (Å²) in [6.45, 7) is 5.04. The topological polar surface area (TPSA) is 41.8 Å². The van der Waals surface area contributed by atoms with Crippen molar-refractivity contribution in [3.8, 4) is 0 Å². The van der Waals surface area contributed by atoms with E-state index in [1.807, 2.05) is 13.8 Å². The second-order valence-corrected chi connectivity index (χ2v) is 5.96. The zero-order valence-electron chi connectivity index (χ0n) is 16.8. The van der Waals surface area contributed by atoms with Gasteiger partial charge in [0, 0.05) is 0 Å². The maximum atomic E-state index is 12.6. The highest BCUT2D eigenvalue weighted by Crippen LogP contribution is 2.36. The lowest BCUT2D eigenvalue weighted by Gasteiger charge is -2.13. The van der Waals surface area contributed by atoms with Crippen LogP contribution in [0.25, 0.3) is 0 Å². The Bertz CT molecular complexity index is 812. The first-order valence-electron chi connectivity index (χ1n) is 9.27. The maximum absolute atomic E-state index is 12.6. The first kappa shape index (κ1) is 26.6. The third-order valence-corrected chi connectivity index (χ3v) is 3.78. The maximum Gasteiger partial charge on any atom is 0.416 e. The summed E-state index contributed by atoms with van der Waals surface area (Å²) >= 11 is 0. The normalized spacial score (nSPS) is 13.9. The quantitative estimate of drug-likeness (QED) is 0.577. The molecule has 0 saturated heterocycles. The SMILES string of the molecule is CC.Fc1ccc(C2=NCCOC2)cc1.OCc1cc(C(F)(F)F)cc(C(F)(F)F)c1. The minimum absolute atomic E-state index is 0.0131. The summed E-state index contributed by atoms with van der Waals surface area (Å²) < 4.78 is 91.2. The lowest BCUT2D eigenvalue weighted by Crippen LogP contribution is -2.18. The summed E-state index contributed by atoms with van der Waals surface area (Å²) in [7, 11) is 0. The third-order valence-electron chi connectivity index (χ3n) is 3.78. The number of nitrogens with zero attached hydrogens (tertiary/aromatic N) is 1. The molecule has 0 saturated carbocycles. The van der Waals surface area contributed by atoms with E-state index in [1.54, 1.807) is 12.1 Å². The Balaban J connectivity index is 0.000000291. The molecular formula is C21H22F7NO2. The molecule has 172 valence electrons. The van der Waals surface area contributed by atoms with Gasteiger partial charge in [-0.1, -0.05) is 26.0 Å². The fraction of sp³-hybridized carbons (Fsp3) is 0.381. The summed E-state index contributed by atoms with van der Waals surface area (Å²) in [4.78, 5) is 4.30. The van der Waals surface area contributed by atoms with Gasteiger partial charge in [-0.2, -0.15) is 26.3 Å². The molecule has 0 amide bonds. The van der Waals surface area contributed by atoms with Gasteiger partial charge in [-0.05, 0) is 41.5 Å². The lowest BCUT2D eigenvalue weighted by molar-refractivity contribution is -0.143. The molecule has 2 aromatic rings.